The van der Waals surface area contributed by atoms with Crippen LogP contribution in [0, 0.1) is 5.82 Å². The zero-order valence-corrected chi connectivity index (χ0v) is 12.2. The van der Waals surface area contributed by atoms with Gasteiger partial charge in [-0.15, -0.1) is 11.3 Å². The van der Waals surface area contributed by atoms with E-state index < -0.39 is 5.82 Å². The van der Waals surface area contributed by atoms with Crippen LogP contribution in [0.15, 0.2) is 29.8 Å². The molecule has 2 heterocycles. The summed E-state index contributed by atoms with van der Waals surface area (Å²) in [5.41, 5.74) is 0.255. The third-order valence-electron chi connectivity index (χ3n) is 2.92. The minimum atomic E-state index is -0.514. The molecule has 4 nitrogen and oxygen atoms in total. The van der Waals surface area contributed by atoms with Crippen LogP contribution >= 0.6 is 11.3 Å². The van der Waals surface area contributed by atoms with Crippen molar-refractivity contribution in [2.24, 2.45) is 0 Å². The number of halogens is 1. The standard InChI is InChI=1S/C14H16FN3OS/c1-3-18(9-11-5-4-6-20-11)14(19)12-7-10(15)8-17-13(12)16-2/h4-8H,3,9H2,1-2H3,(H,16,17). The largest absolute Gasteiger partial charge is 0.372 e. The summed E-state index contributed by atoms with van der Waals surface area (Å²) in [5, 5.41) is 4.79. The van der Waals surface area contributed by atoms with Crippen LogP contribution < -0.4 is 5.32 Å². The smallest absolute Gasteiger partial charge is 0.258 e. The number of carbonyl (C=O) groups excluding carboxylic acids is 1. The van der Waals surface area contributed by atoms with Gasteiger partial charge in [-0.1, -0.05) is 6.07 Å². The van der Waals surface area contributed by atoms with Gasteiger partial charge < -0.3 is 10.2 Å². The van der Waals surface area contributed by atoms with Crippen molar-refractivity contribution in [1.29, 1.82) is 0 Å². The summed E-state index contributed by atoms with van der Waals surface area (Å²) in [6.07, 6.45) is 1.10. The lowest BCUT2D eigenvalue weighted by molar-refractivity contribution is 0.0754. The molecule has 2 aromatic rings. The lowest BCUT2D eigenvalue weighted by Gasteiger charge is -2.21. The monoisotopic (exact) mass is 293 g/mol. The molecule has 0 saturated heterocycles. The third-order valence-corrected chi connectivity index (χ3v) is 3.78. The molecule has 0 fully saturated rings. The van der Waals surface area contributed by atoms with Crippen molar-refractivity contribution >= 4 is 23.1 Å². The summed E-state index contributed by atoms with van der Waals surface area (Å²) in [6.45, 7) is 2.97. The summed E-state index contributed by atoms with van der Waals surface area (Å²) in [4.78, 5) is 19.2. The molecule has 6 heteroatoms. The lowest BCUT2D eigenvalue weighted by atomic mass is 10.2. The highest BCUT2D eigenvalue weighted by Crippen LogP contribution is 2.18. The number of amides is 1. The fourth-order valence-electron chi connectivity index (χ4n) is 1.89. The van der Waals surface area contributed by atoms with Crippen LogP contribution in [0.25, 0.3) is 0 Å². The van der Waals surface area contributed by atoms with Crippen LogP contribution in [-0.4, -0.2) is 29.4 Å². The second-order valence-corrected chi connectivity index (χ2v) is 5.23. The Kier molecular flexibility index (Phi) is 4.68. The van der Waals surface area contributed by atoms with E-state index in [9.17, 15) is 9.18 Å². The highest BCUT2D eigenvalue weighted by Gasteiger charge is 2.19. The summed E-state index contributed by atoms with van der Waals surface area (Å²) < 4.78 is 13.3. The number of pyridine rings is 1. The van der Waals surface area contributed by atoms with Crippen molar-refractivity contribution < 1.29 is 9.18 Å². The highest BCUT2D eigenvalue weighted by atomic mass is 32.1. The second kappa shape index (κ2) is 6.47. The Labute approximate surface area is 121 Å². The van der Waals surface area contributed by atoms with Gasteiger partial charge in [0.1, 0.15) is 11.6 Å². The highest BCUT2D eigenvalue weighted by molar-refractivity contribution is 7.09. The van der Waals surface area contributed by atoms with Gasteiger partial charge in [0.25, 0.3) is 5.91 Å². The van der Waals surface area contributed by atoms with Crippen LogP contribution in [0.3, 0.4) is 0 Å². The van der Waals surface area contributed by atoms with E-state index in [1.165, 1.54) is 6.07 Å². The van der Waals surface area contributed by atoms with Gasteiger partial charge in [-0.2, -0.15) is 0 Å². The summed E-state index contributed by atoms with van der Waals surface area (Å²) >= 11 is 1.59. The summed E-state index contributed by atoms with van der Waals surface area (Å²) in [5.74, 6) is -0.349. The number of hydrogen-bond acceptors (Lipinski definition) is 4. The van der Waals surface area contributed by atoms with Crippen molar-refractivity contribution in [1.82, 2.24) is 9.88 Å². The molecule has 0 aliphatic rings. The lowest BCUT2D eigenvalue weighted by Crippen LogP contribution is -2.30. The van der Waals surface area contributed by atoms with Crippen molar-refractivity contribution in [2.45, 2.75) is 13.5 Å². The van der Waals surface area contributed by atoms with Crippen LogP contribution in [0.1, 0.15) is 22.2 Å². The Bertz CT molecular complexity index is 586. The number of aromatic nitrogens is 1. The number of thiophene rings is 1. The molecule has 0 aliphatic carbocycles. The van der Waals surface area contributed by atoms with Gasteiger partial charge in [0.05, 0.1) is 18.3 Å². The molecule has 1 N–H and O–H groups in total. The zero-order valence-electron chi connectivity index (χ0n) is 11.4. The second-order valence-electron chi connectivity index (χ2n) is 4.20. The Hall–Kier alpha value is -1.95. The molecule has 0 atom stereocenters. The first kappa shape index (κ1) is 14.5. The van der Waals surface area contributed by atoms with E-state index in [1.54, 1.807) is 23.3 Å². The molecule has 0 unspecified atom stereocenters. The van der Waals surface area contributed by atoms with Crippen LogP contribution in [-0.2, 0) is 6.54 Å². The summed E-state index contributed by atoms with van der Waals surface area (Å²) in [6, 6.07) is 5.14. The van der Waals surface area contributed by atoms with Crippen molar-refractivity contribution in [3.05, 3.63) is 46.0 Å². The Balaban J connectivity index is 2.26. The van der Waals surface area contributed by atoms with Gasteiger partial charge in [0.15, 0.2) is 0 Å². The van der Waals surface area contributed by atoms with Gasteiger partial charge in [0.2, 0.25) is 0 Å². The van der Waals surface area contributed by atoms with Crippen LogP contribution in [0.2, 0.25) is 0 Å². The van der Waals surface area contributed by atoms with Crippen molar-refractivity contribution in [3.63, 3.8) is 0 Å². The van der Waals surface area contributed by atoms with E-state index >= 15 is 0 Å². The topological polar surface area (TPSA) is 45.2 Å². The van der Waals surface area contributed by atoms with E-state index in [0.29, 0.717) is 18.9 Å². The van der Waals surface area contributed by atoms with Crippen LogP contribution in [0.5, 0.6) is 0 Å². The molecular formula is C14H16FN3OS. The van der Waals surface area contributed by atoms with Crippen molar-refractivity contribution in [3.8, 4) is 0 Å². The fraction of sp³-hybridized carbons (Fsp3) is 0.286. The van der Waals surface area contributed by atoms with Crippen LogP contribution in [0.4, 0.5) is 10.2 Å². The molecule has 1 amide bonds. The molecule has 2 rings (SSSR count). The van der Waals surface area contributed by atoms with Crippen molar-refractivity contribution in [2.75, 3.05) is 18.9 Å². The van der Waals surface area contributed by atoms with Gasteiger partial charge in [-0.25, -0.2) is 9.37 Å². The number of anilines is 1. The first-order valence-corrected chi connectivity index (χ1v) is 7.18. The predicted molar refractivity (Wildman–Crippen MR) is 78.5 cm³/mol. The van der Waals surface area contributed by atoms with E-state index in [2.05, 4.69) is 10.3 Å². The molecular weight excluding hydrogens is 277 g/mol. The number of carbonyl (C=O) groups is 1. The first-order chi connectivity index (χ1) is 9.65. The van der Waals surface area contributed by atoms with Gasteiger partial charge in [-0.05, 0) is 24.4 Å². The molecule has 0 aliphatic heterocycles. The molecule has 20 heavy (non-hydrogen) atoms. The Morgan fingerprint density at radius 1 is 1.55 bits per heavy atom. The Morgan fingerprint density at radius 2 is 2.35 bits per heavy atom. The quantitative estimate of drug-likeness (QED) is 0.921. The maximum Gasteiger partial charge on any atom is 0.258 e. The average Bonchev–Trinajstić information content (AvgIpc) is 2.97. The SMILES string of the molecule is CCN(Cc1cccs1)C(=O)c1cc(F)cnc1NC. The number of hydrogen-bond donors (Lipinski definition) is 1. The zero-order chi connectivity index (χ0) is 14.5. The van der Waals surface area contributed by atoms with E-state index in [1.807, 2.05) is 24.4 Å². The molecule has 0 spiro atoms. The molecule has 0 bridgehead atoms. The minimum Gasteiger partial charge on any atom is -0.372 e. The maximum atomic E-state index is 13.3. The molecule has 2 aromatic heterocycles. The Morgan fingerprint density at radius 3 is 2.95 bits per heavy atom. The fourth-order valence-corrected chi connectivity index (χ4v) is 2.61. The van der Waals surface area contributed by atoms with Gasteiger partial charge in [-0.3, -0.25) is 4.79 Å². The number of rotatable bonds is 5. The third kappa shape index (κ3) is 3.14. The molecule has 0 aromatic carbocycles. The van der Waals surface area contributed by atoms with E-state index in [-0.39, 0.29) is 11.5 Å². The number of nitrogens with zero attached hydrogens (tertiary/aromatic N) is 2. The average molecular weight is 293 g/mol. The minimum absolute atomic E-state index is 0.225. The first-order valence-electron chi connectivity index (χ1n) is 6.30. The van der Waals surface area contributed by atoms with Gasteiger partial charge >= 0.3 is 0 Å². The molecule has 0 saturated carbocycles. The number of nitrogens with one attached hydrogen (secondary N) is 1. The molecule has 106 valence electrons. The maximum absolute atomic E-state index is 13.3. The summed E-state index contributed by atoms with van der Waals surface area (Å²) in [7, 11) is 1.66. The van der Waals surface area contributed by atoms with Gasteiger partial charge in [0, 0.05) is 18.5 Å². The van der Waals surface area contributed by atoms with E-state index in [4.69, 9.17) is 0 Å². The van der Waals surface area contributed by atoms with E-state index in [0.717, 1.165) is 11.1 Å². The molecule has 0 radical (unpaired) electrons. The normalized spacial score (nSPS) is 10.3. The predicted octanol–water partition coefficient (Wildman–Crippen LogP) is 2.99.